The largest absolute Gasteiger partial charge is 0.489 e. The van der Waals surface area contributed by atoms with E-state index in [0.717, 1.165) is 0 Å². The summed E-state index contributed by atoms with van der Waals surface area (Å²) in [5.74, 6) is 4.71. The topological polar surface area (TPSA) is 105 Å². The number of anilines is 1. The number of carbonyl (C=O) groups is 1. The highest BCUT2D eigenvalue weighted by Crippen LogP contribution is 2.32. The van der Waals surface area contributed by atoms with E-state index in [9.17, 15) is 18.0 Å². The Balaban J connectivity index is 1.84. The van der Waals surface area contributed by atoms with Crippen LogP contribution in [-0.4, -0.2) is 45.9 Å². The Labute approximate surface area is 175 Å². The smallest absolute Gasteiger partial charge is 0.432 e. The van der Waals surface area contributed by atoms with Gasteiger partial charge in [0.25, 0.3) is 0 Å². The summed E-state index contributed by atoms with van der Waals surface area (Å²) >= 11 is 0. The van der Waals surface area contributed by atoms with Crippen LogP contribution in [0.15, 0.2) is 36.8 Å². The number of H-pyrrole nitrogens is 2. The van der Waals surface area contributed by atoms with Gasteiger partial charge in [0.15, 0.2) is 0 Å². The van der Waals surface area contributed by atoms with Gasteiger partial charge in [-0.15, -0.1) is 0 Å². The molecule has 0 aliphatic rings. The third-order valence-electron chi connectivity index (χ3n) is 3.89. The Hall–Kier alpha value is -3.78. The highest BCUT2D eigenvalue weighted by molar-refractivity contribution is 6.05. The van der Waals surface area contributed by atoms with Gasteiger partial charge in [-0.2, -0.15) is 18.3 Å². The molecule has 2 heterocycles. The van der Waals surface area contributed by atoms with Crippen LogP contribution in [0.2, 0.25) is 0 Å². The molecular weight excluding hydrogens is 415 g/mol. The fourth-order valence-electron chi connectivity index (χ4n) is 2.47. The maximum atomic E-state index is 12.9. The predicted molar refractivity (Wildman–Crippen MR) is 105 cm³/mol. The number of ether oxygens (including phenoxy) is 2. The lowest BCUT2D eigenvalue weighted by atomic mass is 10.1. The van der Waals surface area contributed by atoms with Crippen molar-refractivity contribution in [2.45, 2.75) is 13.1 Å². The van der Waals surface area contributed by atoms with E-state index in [2.05, 4.69) is 37.3 Å². The molecule has 0 fully saturated rings. The minimum atomic E-state index is -4.55. The van der Waals surface area contributed by atoms with Crippen molar-refractivity contribution in [3.8, 4) is 29.0 Å². The zero-order valence-electron chi connectivity index (χ0n) is 16.3. The molecular formula is C20H18F3N5O3. The maximum Gasteiger partial charge on any atom is 0.432 e. The lowest BCUT2D eigenvalue weighted by molar-refractivity contribution is -0.140. The fourth-order valence-corrected chi connectivity index (χ4v) is 2.47. The zero-order chi connectivity index (χ0) is 22.3. The number of hydrogen-bond acceptors (Lipinski definition) is 5. The molecule has 3 aromatic rings. The van der Waals surface area contributed by atoms with Crippen molar-refractivity contribution in [1.29, 1.82) is 0 Å². The molecule has 0 bridgehead atoms. The molecule has 0 radical (unpaired) electrons. The summed E-state index contributed by atoms with van der Waals surface area (Å²) in [6.45, 7) is 2.92. The molecule has 0 unspecified atom stereocenters. The number of halogens is 3. The van der Waals surface area contributed by atoms with Gasteiger partial charge in [-0.3, -0.25) is 9.89 Å². The fraction of sp³-hybridized carbons (Fsp3) is 0.250. The number of aromatic amines is 2. The van der Waals surface area contributed by atoms with Gasteiger partial charge >= 0.3 is 12.1 Å². The first-order chi connectivity index (χ1) is 14.9. The monoisotopic (exact) mass is 433 g/mol. The molecule has 8 nitrogen and oxygen atoms in total. The van der Waals surface area contributed by atoms with Gasteiger partial charge < -0.3 is 19.8 Å². The molecule has 0 saturated heterocycles. The van der Waals surface area contributed by atoms with Crippen LogP contribution >= 0.6 is 0 Å². The SMILES string of the molecule is CCOCCOc1ccc(-c2ncc(C(F)(F)F)[nH]2)cc1NC(=O)C#Cc1cn[nH]c1. The molecule has 31 heavy (non-hydrogen) atoms. The molecule has 0 spiro atoms. The normalized spacial score (nSPS) is 11.0. The standard InChI is InChI=1S/C20H18F3N5O3/c1-2-30-7-8-31-16-5-4-14(19-24-12-17(28-19)20(21,22)23)9-15(16)27-18(29)6-3-13-10-25-26-11-13/h4-5,9-12H,2,7-8H2,1H3,(H,24,28)(H,25,26)(H,27,29). The van der Waals surface area contributed by atoms with Gasteiger partial charge in [0.05, 0.1) is 30.3 Å². The summed E-state index contributed by atoms with van der Waals surface area (Å²) in [5.41, 5.74) is 0.0969. The minimum Gasteiger partial charge on any atom is -0.489 e. The number of rotatable bonds is 7. The van der Waals surface area contributed by atoms with Crippen LogP contribution in [0.4, 0.5) is 18.9 Å². The second kappa shape index (κ2) is 9.82. The Morgan fingerprint density at radius 1 is 1.26 bits per heavy atom. The van der Waals surface area contributed by atoms with Crippen LogP contribution in [0.1, 0.15) is 18.2 Å². The molecule has 0 aliphatic carbocycles. The molecule has 11 heteroatoms. The number of hydrogen-bond donors (Lipinski definition) is 3. The first-order valence-corrected chi connectivity index (χ1v) is 9.15. The molecule has 3 N–H and O–H groups in total. The number of nitrogens with zero attached hydrogens (tertiary/aromatic N) is 2. The summed E-state index contributed by atoms with van der Waals surface area (Å²) in [5, 5.41) is 8.90. The molecule has 0 saturated carbocycles. The Bertz CT molecular complexity index is 1080. The average Bonchev–Trinajstić information content (AvgIpc) is 3.42. The Morgan fingerprint density at radius 3 is 2.77 bits per heavy atom. The number of imidazole rings is 1. The van der Waals surface area contributed by atoms with Crippen LogP contribution in [0.3, 0.4) is 0 Å². The lowest BCUT2D eigenvalue weighted by Gasteiger charge is -2.13. The first-order valence-electron chi connectivity index (χ1n) is 9.15. The highest BCUT2D eigenvalue weighted by atomic mass is 19.4. The van der Waals surface area contributed by atoms with Gasteiger partial charge in [0.2, 0.25) is 0 Å². The van der Waals surface area contributed by atoms with E-state index in [0.29, 0.717) is 36.3 Å². The first kappa shape index (κ1) is 21.9. The number of nitrogens with one attached hydrogen (secondary N) is 3. The van der Waals surface area contributed by atoms with Gasteiger partial charge in [-0.05, 0) is 25.1 Å². The summed E-state index contributed by atoms with van der Waals surface area (Å²) in [6, 6.07) is 4.50. The molecule has 1 aromatic carbocycles. The number of amides is 1. The maximum absolute atomic E-state index is 12.9. The van der Waals surface area contributed by atoms with Crippen molar-refractivity contribution < 1.29 is 27.4 Å². The minimum absolute atomic E-state index is 0.00632. The van der Waals surface area contributed by atoms with Crippen LogP contribution in [-0.2, 0) is 15.7 Å². The van der Waals surface area contributed by atoms with E-state index in [1.165, 1.54) is 30.6 Å². The van der Waals surface area contributed by atoms with Crippen LogP contribution in [0.25, 0.3) is 11.4 Å². The molecule has 0 aliphatic heterocycles. The van der Waals surface area contributed by atoms with E-state index in [4.69, 9.17) is 9.47 Å². The molecule has 0 atom stereocenters. The zero-order valence-corrected chi connectivity index (χ0v) is 16.3. The van der Waals surface area contributed by atoms with E-state index < -0.39 is 17.8 Å². The predicted octanol–water partition coefficient (Wildman–Crippen LogP) is 3.22. The van der Waals surface area contributed by atoms with Crippen molar-refractivity contribution in [2.24, 2.45) is 0 Å². The summed E-state index contributed by atoms with van der Waals surface area (Å²) in [6.07, 6.45) is -0.861. The number of carbonyl (C=O) groups excluding carboxylic acids is 1. The van der Waals surface area contributed by atoms with Gasteiger partial charge in [-0.25, -0.2) is 4.98 Å². The average molecular weight is 433 g/mol. The van der Waals surface area contributed by atoms with Crippen molar-refractivity contribution >= 4 is 11.6 Å². The molecule has 2 aromatic heterocycles. The van der Waals surface area contributed by atoms with E-state index in [-0.39, 0.29) is 18.1 Å². The third kappa shape index (κ3) is 6.10. The number of benzene rings is 1. The van der Waals surface area contributed by atoms with Gasteiger partial charge in [0.1, 0.15) is 23.9 Å². The van der Waals surface area contributed by atoms with Gasteiger partial charge in [0, 0.05) is 24.3 Å². The second-order valence-corrected chi connectivity index (χ2v) is 6.09. The molecule has 1 amide bonds. The lowest BCUT2D eigenvalue weighted by Crippen LogP contribution is -2.12. The van der Waals surface area contributed by atoms with Crippen molar-refractivity contribution in [1.82, 2.24) is 20.2 Å². The van der Waals surface area contributed by atoms with Gasteiger partial charge in [-0.1, -0.05) is 5.92 Å². The summed E-state index contributed by atoms with van der Waals surface area (Å²) < 4.78 is 49.4. The number of alkyl halides is 3. The highest BCUT2D eigenvalue weighted by Gasteiger charge is 2.33. The summed E-state index contributed by atoms with van der Waals surface area (Å²) in [7, 11) is 0. The van der Waals surface area contributed by atoms with Crippen LogP contribution in [0, 0.1) is 11.8 Å². The number of aromatic nitrogens is 4. The van der Waals surface area contributed by atoms with Crippen molar-refractivity contribution in [2.75, 3.05) is 25.1 Å². The second-order valence-electron chi connectivity index (χ2n) is 6.09. The quantitative estimate of drug-likeness (QED) is 0.392. The van der Waals surface area contributed by atoms with E-state index >= 15 is 0 Å². The van der Waals surface area contributed by atoms with Crippen molar-refractivity contribution in [3.05, 3.63) is 48.0 Å². The summed E-state index contributed by atoms with van der Waals surface area (Å²) in [4.78, 5) is 18.2. The Morgan fingerprint density at radius 2 is 2.10 bits per heavy atom. The molecule has 162 valence electrons. The van der Waals surface area contributed by atoms with E-state index in [1.54, 1.807) is 0 Å². The molecule has 3 rings (SSSR count). The van der Waals surface area contributed by atoms with Crippen molar-refractivity contribution in [3.63, 3.8) is 0 Å². The van der Waals surface area contributed by atoms with Crippen LogP contribution < -0.4 is 10.1 Å². The van der Waals surface area contributed by atoms with Crippen LogP contribution in [0.5, 0.6) is 5.75 Å². The third-order valence-corrected chi connectivity index (χ3v) is 3.89. The Kier molecular flexibility index (Phi) is 6.94. The van der Waals surface area contributed by atoms with E-state index in [1.807, 2.05) is 6.92 Å².